The summed E-state index contributed by atoms with van der Waals surface area (Å²) < 4.78 is 0. The number of amides is 1. The quantitative estimate of drug-likeness (QED) is 0.662. The molecule has 0 fully saturated rings. The van der Waals surface area contributed by atoms with Crippen molar-refractivity contribution in [3.8, 4) is 0 Å². The molecular formula is C24H26N4O2. The fourth-order valence-electron chi connectivity index (χ4n) is 4.02. The largest absolute Gasteiger partial charge is 0.378 e. The molecule has 6 heteroatoms. The second-order valence-corrected chi connectivity index (χ2v) is 7.74. The van der Waals surface area contributed by atoms with E-state index in [0.717, 1.165) is 16.9 Å². The first-order valence-electron chi connectivity index (χ1n) is 9.88. The standard InChI is InChI=1S/C24H26N4O2/c1-27(2)19-12-10-18(11-13-19)24(17-8-6-5-7-9-17)15-14-20-21(16-24)25-26-22(20)23(29)28(3)30-4/h5-15H,16H2,1-4H3,(H,25,26). The van der Waals surface area contributed by atoms with Crippen molar-refractivity contribution in [1.82, 2.24) is 15.3 Å². The van der Waals surface area contributed by atoms with Gasteiger partial charge in [0, 0.05) is 49.9 Å². The molecule has 1 atom stereocenters. The Morgan fingerprint density at radius 2 is 1.70 bits per heavy atom. The Morgan fingerprint density at radius 1 is 1.03 bits per heavy atom. The van der Waals surface area contributed by atoms with Gasteiger partial charge in [-0.2, -0.15) is 5.10 Å². The number of rotatable bonds is 5. The maximum atomic E-state index is 12.6. The number of benzene rings is 2. The third kappa shape index (κ3) is 3.29. The second-order valence-electron chi connectivity index (χ2n) is 7.74. The van der Waals surface area contributed by atoms with E-state index < -0.39 is 0 Å². The second kappa shape index (κ2) is 7.80. The molecule has 1 aromatic heterocycles. The van der Waals surface area contributed by atoms with E-state index in [1.165, 1.54) is 23.3 Å². The van der Waals surface area contributed by atoms with Gasteiger partial charge in [0.15, 0.2) is 5.69 Å². The predicted octanol–water partition coefficient (Wildman–Crippen LogP) is 3.66. The highest BCUT2D eigenvalue weighted by Crippen LogP contribution is 2.42. The van der Waals surface area contributed by atoms with Crippen molar-refractivity contribution < 1.29 is 9.63 Å². The van der Waals surface area contributed by atoms with Gasteiger partial charge in [-0.1, -0.05) is 54.6 Å². The number of aromatic nitrogens is 2. The zero-order chi connectivity index (χ0) is 21.3. The van der Waals surface area contributed by atoms with Crippen LogP contribution in [0.2, 0.25) is 0 Å². The van der Waals surface area contributed by atoms with Crippen molar-refractivity contribution in [2.75, 3.05) is 33.2 Å². The highest BCUT2D eigenvalue weighted by molar-refractivity contribution is 5.96. The van der Waals surface area contributed by atoms with Crippen LogP contribution in [0.4, 0.5) is 5.69 Å². The lowest BCUT2D eigenvalue weighted by Gasteiger charge is -2.34. The van der Waals surface area contributed by atoms with Crippen LogP contribution in [0.5, 0.6) is 0 Å². The van der Waals surface area contributed by atoms with Gasteiger partial charge in [0.25, 0.3) is 5.91 Å². The number of hydroxylamine groups is 2. The molecule has 3 aromatic rings. The molecule has 0 bridgehead atoms. The van der Waals surface area contributed by atoms with E-state index >= 15 is 0 Å². The molecule has 0 spiro atoms. The van der Waals surface area contributed by atoms with Gasteiger partial charge < -0.3 is 4.90 Å². The fourth-order valence-corrected chi connectivity index (χ4v) is 4.02. The molecule has 0 radical (unpaired) electrons. The summed E-state index contributed by atoms with van der Waals surface area (Å²) in [5.74, 6) is -0.276. The average molecular weight is 402 g/mol. The molecule has 0 saturated heterocycles. The van der Waals surface area contributed by atoms with E-state index in [1.54, 1.807) is 7.05 Å². The summed E-state index contributed by atoms with van der Waals surface area (Å²) in [5.41, 5.74) is 5.32. The number of aromatic amines is 1. The molecule has 1 aliphatic carbocycles. The molecule has 1 unspecified atom stereocenters. The van der Waals surface area contributed by atoms with Gasteiger partial charge in [0.05, 0.1) is 7.11 Å². The van der Waals surface area contributed by atoms with Crippen LogP contribution in [-0.2, 0) is 16.7 Å². The zero-order valence-corrected chi connectivity index (χ0v) is 17.7. The predicted molar refractivity (Wildman–Crippen MR) is 118 cm³/mol. The van der Waals surface area contributed by atoms with Gasteiger partial charge in [0.2, 0.25) is 0 Å². The van der Waals surface area contributed by atoms with Crippen LogP contribution in [0, 0.1) is 0 Å². The van der Waals surface area contributed by atoms with E-state index in [-0.39, 0.29) is 11.3 Å². The number of hydrogen-bond donors (Lipinski definition) is 1. The van der Waals surface area contributed by atoms with Crippen molar-refractivity contribution in [3.63, 3.8) is 0 Å². The Hall–Kier alpha value is -3.38. The van der Waals surface area contributed by atoms with Gasteiger partial charge >= 0.3 is 0 Å². The lowest BCUT2D eigenvalue weighted by atomic mass is 9.68. The highest BCUT2D eigenvalue weighted by atomic mass is 16.7. The number of hydrogen-bond acceptors (Lipinski definition) is 4. The number of carbonyl (C=O) groups is 1. The first kappa shape index (κ1) is 19.9. The first-order chi connectivity index (χ1) is 14.5. The first-order valence-corrected chi connectivity index (χ1v) is 9.88. The van der Waals surface area contributed by atoms with Crippen LogP contribution in [0.25, 0.3) is 6.08 Å². The zero-order valence-electron chi connectivity index (χ0n) is 17.7. The minimum absolute atomic E-state index is 0.276. The molecule has 30 heavy (non-hydrogen) atoms. The monoisotopic (exact) mass is 402 g/mol. The van der Waals surface area contributed by atoms with Crippen LogP contribution in [0.1, 0.15) is 32.9 Å². The number of H-pyrrole nitrogens is 1. The number of fused-ring (bicyclic) bond motifs is 1. The Kier molecular flexibility index (Phi) is 5.18. The van der Waals surface area contributed by atoms with E-state index in [2.05, 4.69) is 69.7 Å². The summed E-state index contributed by atoms with van der Waals surface area (Å²) in [6, 6.07) is 19.1. The third-order valence-corrected chi connectivity index (χ3v) is 5.82. The maximum Gasteiger partial charge on any atom is 0.298 e. The topological polar surface area (TPSA) is 61.5 Å². The molecule has 0 saturated carbocycles. The number of carbonyl (C=O) groups excluding carboxylic acids is 1. The summed E-state index contributed by atoms with van der Waals surface area (Å²) >= 11 is 0. The minimum Gasteiger partial charge on any atom is -0.378 e. The summed E-state index contributed by atoms with van der Waals surface area (Å²) in [4.78, 5) is 19.7. The number of allylic oxidation sites excluding steroid dienone is 1. The number of anilines is 1. The SMILES string of the molecule is CON(C)C(=O)c1n[nH]c2c1C=CC(c1ccccc1)(c1ccc(N(C)C)cc1)C2. The summed E-state index contributed by atoms with van der Waals surface area (Å²) in [6.45, 7) is 0. The lowest BCUT2D eigenvalue weighted by Crippen LogP contribution is -2.31. The molecule has 4 rings (SSSR count). The van der Waals surface area contributed by atoms with Crippen LogP contribution >= 0.6 is 0 Å². The summed E-state index contributed by atoms with van der Waals surface area (Å²) in [7, 11) is 7.12. The molecule has 1 N–H and O–H groups in total. The molecule has 1 heterocycles. The van der Waals surface area contributed by atoms with Gasteiger partial charge in [-0.05, 0) is 23.3 Å². The Morgan fingerprint density at radius 3 is 2.33 bits per heavy atom. The van der Waals surface area contributed by atoms with Crippen LogP contribution in [-0.4, -0.2) is 49.4 Å². The Bertz CT molecular complexity index is 1070. The van der Waals surface area contributed by atoms with Gasteiger partial charge in [-0.15, -0.1) is 0 Å². The normalized spacial score (nSPS) is 17.5. The van der Waals surface area contributed by atoms with Crippen molar-refractivity contribution in [3.05, 3.63) is 88.8 Å². The van der Waals surface area contributed by atoms with Crippen LogP contribution in [0.15, 0.2) is 60.7 Å². The van der Waals surface area contributed by atoms with Gasteiger partial charge in [-0.3, -0.25) is 14.7 Å². The molecular weight excluding hydrogens is 376 g/mol. The smallest absolute Gasteiger partial charge is 0.298 e. The molecule has 2 aromatic carbocycles. The van der Waals surface area contributed by atoms with Gasteiger partial charge in [0.1, 0.15) is 0 Å². The van der Waals surface area contributed by atoms with E-state index in [1.807, 2.05) is 26.2 Å². The Balaban J connectivity index is 1.80. The molecule has 0 aliphatic heterocycles. The van der Waals surface area contributed by atoms with Crippen LogP contribution in [0.3, 0.4) is 0 Å². The van der Waals surface area contributed by atoms with E-state index in [9.17, 15) is 4.79 Å². The third-order valence-electron chi connectivity index (χ3n) is 5.82. The van der Waals surface area contributed by atoms with E-state index in [4.69, 9.17) is 4.84 Å². The van der Waals surface area contributed by atoms with Crippen molar-refractivity contribution >= 4 is 17.7 Å². The Labute approximate surface area is 176 Å². The molecule has 1 amide bonds. The number of nitrogens with zero attached hydrogens (tertiary/aromatic N) is 3. The highest BCUT2D eigenvalue weighted by Gasteiger charge is 2.37. The average Bonchev–Trinajstić information content (AvgIpc) is 3.21. The maximum absolute atomic E-state index is 12.6. The molecule has 1 aliphatic rings. The van der Waals surface area contributed by atoms with Gasteiger partial charge in [-0.25, -0.2) is 5.06 Å². The lowest BCUT2D eigenvalue weighted by molar-refractivity contribution is -0.0760. The van der Waals surface area contributed by atoms with E-state index in [0.29, 0.717) is 12.1 Å². The number of nitrogens with one attached hydrogen (secondary N) is 1. The van der Waals surface area contributed by atoms with Crippen LogP contribution < -0.4 is 4.90 Å². The minimum atomic E-state index is -0.348. The summed E-state index contributed by atoms with van der Waals surface area (Å²) in [5, 5.41) is 8.58. The van der Waals surface area contributed by atoms with Crippen molar-refractivity contribution in [2.24, 2.45) is 0 Å². The summed E-state index contributed by atoms with van der Waals surface area (Å²) in [6.07, 6.45) is 4.88. The van der Waals surface area contributed by atoms with Crippen molar-refractivity contribution in [1.29, 1.82) is 0 Å². The van der Waals surface area contributed by atoms with Crippen molar-refractivity contribution in [2.45, 2.75) is 11.8 Å². The molecule has 6 nitrogen and oxygen atoms in total. The fraction of sp³-hybridized carbons (Fsp3) is 0.250. The molecule has 154 valence electrons.